The van der Waals surface area contributed by atoms with Gasteiger partial charge in [-0.05, 0) is 13.0 Å². The molecule has 2 aromatic rings. The molecule has 2 rings (SSSR count). The van der Waals surface area contributed by atoms with Crippen molar-refractivity contribution in [3.05, 3.63) is 17.8 Å². The van der Waals surface area contributed by atoms with Gasteiger partial charge in [0.1, 0.15) is 11.2 Å². The first-order chi connectivity index (χ1) is 8.21. The molecule has 5 heteroatoms. The van der Waals surface area contributed by atoms with Gasteiger partial charge in [0, 0.05) is 6.07 Å². The van der Waals surface area contributed by atoms with Crippen LogP contribution in [0, 0.1) is 6.92 Å². The molecular formula is C12H14N2O3. The number of nitrogens with zero attached hydrogens (tertiary/aromatic N) is 2. The van der Waals surface area contributed by atoms with E-state index in [0.29, 0.717) is 22.8 Å². The van der Waals surface area contributed by atoms with Gasteiger partial charge in [0.25, 0.3) is 0 Å². The fourth-order valence-electron chi connectivity index (χ4n) is 1.76. The van der Waals surface area contributed by atoms with E-state index in [4.69, 9.17) is 14.2 Å². The number of hydrogen-bond acceptors (Lipinski definition) is 5. The lowest BCUT2D eigenvalue weighted by atomic mass is 10.1. The Kier molecular flexibility index (Phi) is 2.99. The van der Waals surface area contributed by atoms with E-state index in [1.165, 1.54) is 0 Å². The van der Waals surface area contributed by atoms with Crippen molar-refractivity contribution in [3.63, 3.8) is 0 Å². The Balaban J connectivity index is 2.78. The first-order valence-electron chi connectivity index (χ1n) is 5.14. The summed E-state index contributed by atoms with van der Waals surface area (Å²) < 4.78 is 15.8. The maximum absolute atomic E-state index is 5.33. The molecule has 17 heavy (non-hydrogen) atoms. The second-order valence-corrected chi connectivity index (χ2v) is 3.54. The molecule has 0 bridgehead atoms. The maximum atomic E-state index is 5.33. The molecule has 0 radical (unpaired) electrons. The molecule has 0 amide bonds. The molecule has 1 aromatic heterocycles. The molecule has 0 aliphatic heterocycles. The molecule has 0 aliphatic carbocycles. The highest BCUT2D eigenvalue weighted by molar-refractivity contribution is 5.88. The predicted octanol–water partition coefficient (Wildman–Crippen LogP) is 1.96. The molecule has 0 unspecified atom stereocenters. The van der Waals surface area contributed by atoms with E-state index in [0.717, 1.165) is 11.1 Å². The van der Waals surface area contributed by atoms with Gasteiger partial charge in [-0.3, -0.25) is 0 Å². The van der Waals surface area contributed by atoms with Crippen LogP contribution in [0.15, 0.2) is 12.1 Å². The number of methoxy groups -OCH3 is 3. The van der Waals surface area contributed by atoms with Crippen LogP contribution in [0.5, 0.6) is 17.2 Å². The zero-order valence-corrected chi connectivity index (χ0v) is 10.3. The summed E-state index contributed by atoms with van der Waals surface area (Å²) in [7, 11) is 4.79. The lowest BCUT2D eigenvalue weighted by Gasteiger charge is -2.11. The van der Waals surface area contributed by atoms with Gasteiger partial charge < -0.3 is 14.2 Å². The third kappa shape index (κ3) is 1.84. The molecule has 0 spiro atoms. The summed E-state index contributed by atoms with van der Waals surface area (Å²) in [6, 6.07) is 3.62. The standard InChI is InChI=1S/C12H14N2O3/c1-7-12(17-4)8-5-10(15-2)11(16-3)6-9(8)14-13-7/h5-6H,1-4H3. The SMILES string of the molecule is COc1cc2nnc(C)c(OC)c2cc1OC. The van der Waals surface area contributed by atoms with E-state index in [1.54, 1.807) is 27.4 Å². The van der Waals surface area contributed by atoms with Crippen LogP contribution in [0.4, 0.5) is 0 Å². The molecule has 1 heterocycles. The number of aromatic nitrogens is 2. The van der Waals surface area contributed by atoms with Gasteiger partial charge in [0.2, 0.25) is 0 Å². The minimum absolute atomic E-state index is 0.625. The lowest BCUT2D eigenvalue weighted by molar-refractivity contribution is 0.355. The number of ether oxygens (including phenoxy) is 3. The van der Waals surface area contributed by atoms with Gasteiger partial charge in [0.05, 0.1) is 26.7 Å². The van der Waals surface area contributed by atoms with Crippen LogP contribution in [0.3, 0.4) is 0 Å². The van der Waals surface area contributed by atoms with E-state index >= 15 is 0 Å². The van der Waals surface area contributed by atoms with Crippen molar-refractivity contribution in [1.29, 1.82) is 0 Å². The first kappa shape index (κ1) is 11.4. The van der Waals surface area contributed by atoms with Gasteiger partial charge in [-0.15, -0.1) is 5.10 Å². The van der Waals surface area contributed by atoms with Crippen molar-refractivity contribution in [1.82, 2.24) is 10.2 Å². The molecule has 0 fully saturated rings. The Morgan fingerprint density at radius 2 is 1.53 bits per heavy atom. The van der Waals surface area contributed by atoms with Crippen LogP contribution < -0.4 is 14.2 Å². The Morgan fingerprint density at radius 1 is 0.882 bits per heavy atom. The number of hydrogen-bond donors (Lipinski definition) is 0. The van der Waals surface area contributed by atoms with E-state index in [2.05, 4.69) is 10.2 Å². The molecule has 0 atom stereocenters. The monoisotopic (exact) mass is 234 g/mol. The van der Waals surface area contributed by atoms with E-state index in [1.807, 2.05) is 13.0 Å². The average molecular weight is 234 g/mol. The molecule has 0 saturated carbocycles. The van der Waals surface area contributed by atoms with Crippen molar-refractivity contribution in [2.24, 2.45) is 0 Å². The van der Waals surface area contributed by atoms with Crippen molar-refractivity contribution < 1.29 is 14.2 Å². The third-order valence-corrected chi connectivity index (χ3v) is 2.59. The smallest absolute Gasteiger partial charge is 0.162 e. The van der Waals surface area contributed by atoms with Crippen LogP contribution in [0.25, 0.3) is 10.9 Å². The van der Waals surface area contributed by atoms with Crippen LogP contribution in [-0.4, -0.2) is 31.5 Å². The first-order valence-corrected chi connectivity index (χ1v) is 5.14. The van der Waals surface area contributed by atoms with E-state index in [9.17, 15) is 0 Å². The number of rotatable bonds is 3. The Labute approximate surface area is 99.3 Å². The van der Waals surface area contributed by atoms with Gasteiger partial charge in [-0.2, -0.15) is 5.10 Å². The van der Waals surface area contributed by atoms with Crippen molar-refractivity contribution in [2.75, 3.05) is 21.3 Å². The summed E-state index contributed by atoms with van der Waals surface area (Å²) in [5.41, 5.74) is 1.46. The largest absolute Gasteiger partial charge is 0.494 e. The number of fused-ring (bicyclic) bond motifs is 1. The topological polar surface area (TPSA) is 53.5 Å². The second-order valence-electron chi connectivity index (χ2n) is 3.54. The summed E-state index contributed by atoms with van der Waals surface area (Å²) in [6.07, 6.45) is 0. The highest BCUT2D eigenvalue weighted by Crippen LogP contribution is 2.35. The Hall–Kier alpha value is -2.04. The molecular weight excluding hydrogens is 220 g/mol. The highest BCUT2D eigenvalue weighted by atomic mass is 16.5. The summed E-state index contributed by atoms with van der Waals surface area (Å²) in [5.74, 6) is 1.97. The van der Waals surface area contributed by atoms with Crippen LogP contribution in [-0.2, 0) is 0 Å². The summed E-state index contributed by atoms with van der Waals surface area (Å²) in [5, 5.41) is 9.00. The Bertz CT molecular complexity index is 555. The van der Waals surface area contributed by atoms with Crippen LogP contribution in [0.1, 0.15) is 5.69 Å². The summed E-state index contributed by atoms with van der Waals surface area (Å²) in [6.45, 7) is 1.85. The van der Waals surface area contributed by atoms with Gasteiger partial charge in [-0.25, -0.2) is 0 Å². The van der Waals surface area contributed by atoms with Gasteiger partial charge >= 0.3 is 0 Å². The molecule has 0 N–H and O–H groups in total. The fourth-order valence-corrected chi connectivity index (χ4v) is 1.76. The highest BCUT2D eigenvalue weighted by Gasteiger charge is 2.12. The van der Waals surface area contributed by atoms with Crippen molar-refractivity contribution in [3.8, 4) is 17.2 Å². The Morgan fingerprint density at radius 3 is 2.12 bits per heavy atom. The van der Waals surface area contributed by atoms with Crippen LogP contribution in [0.2, 0.25) is 0 Å². The lowest BCUT2D eigenvalue weighted by Crippen LogP contribution is -1.97. The average Bonchev–Trinajstić information content (AvgIpc) is 2.37. The van der Waals surface area contributed by atoms with Crippen molar-refractivity contribution in [2.45, 2.75) is 6.92 Å². The molecule has 0 aliphatic rings. The van der Waals surface area contributed by atoms with E-state index < -0.39 is 0 Å². The zero-order chi connectivity index (χ0) is 12.4. The van der Waals surface area contributed by atoms with Crippen LogP contribution >= 0.6 is 0 Å². The molecule has 5 nitrogen and oxygen atoms in total. The number of aryl methyl sites for hydroxylation is 1. The maximum Gasteiger partial charge on any atom is 0.162 e. The molecule has 1 aromatic carbocycles. The van der Waals surface area contributed by atoms with Gasteiger partial charge in [0.15, 0.2) is 17.2 Å². The number of benzene rings is 1. The molecule has 90 valence electrons. The molecule has 0 saturated heterocycles. The summed E-state index contributed by atoms with van der Waals surface area (Å²) in [4.78, 5) is 0. The minimum atomic E-state index is 0.625. The summed E-state index contributed by atoms with van der Waals surface area (Å²) >= 11 is 0. The second kappa shape index (κ2) is 4.45. The fraction of sp³-hybridized carbons (Fsp3) is 0.333. The van der Waals surface area contributed by atoms with E-state index in [-0.39, 0.29) is 0 Å². The minimum Gasteiger partial charge on any atom is -0.494 e. The quantitative estimate of drug-likeness (QED) is 0.812. The van der Waals surface area contributed by atoms with Crippen molar-refractivity contribution >= 4 is 10.9 Å². The normalized spacial score (nSPS) is 10.4. The predicted molar refractivity (Wildman–Crippen MR) is 63.9 cm³/mol. The third-order valence-electron chi connectivity index (χ3n) is 2.59. The zero-order valence-electron chi connectivity index (χ0n) is 10.3. The van der Waals surface area contributed by atoms with Gasteiger partial charge in [-0.1, -0.05) is 0 Å².